The zero-order chi connectivity index (χ0) is 18.2. The highest BCUT2D eigenvalue weighted by molar-refractivity contribution is 7.89. The Balaban J connectivity index is 1.85. The Hall–Kier alpha value is -2.33. The Morgan fingerprint density at radius 1 is 1.24 bits per heavy atom. The second-order valence-electron chi connectivity index (χ2n) is 6.02. The largest absolute Gasteiger partial charge is 0.329 e. The van der Waals surface area contributed by atoms with Gasteiger partial charge < -0.3 is 4.90 Å². The van der Waals surface area contributed by atoms with Crippen LogP contribution in [0.25, 0.3) is 0 Å². The van der Waals surface area contributed by atoms with E-state index < -0.39 is 27.9 Å². The van der Waals surface area contributed by atoms with Crippen molar-refractivity contribution in [2.45, 2.75) is 30.8 Å². The summed E-state index contributed by atoms with van der Waals surface area (Å²) in [6, 6.07) is 4.49. The minimum absolute atomic E-state index is 0.0740. The van der Waals surface area contributed by atoms with Gasteiger partial charge in [0.25, 0.3) is 5.91 Å². The molecular weight excluding hydrogens is 349 g/mol. The number of nitrogens with one attached hydrogen (secondary N) is 1. The standard InChI is InChI=1S/C15H18FN5O3S/c1-10-8-20(25(23,24)14-6-4-3-5-12(14)16)9-11(2)21(10)15(22)13-7-17-19-18-13/h3-7,10-11H,8-9H2,1-2H3,(H,17,18,19)/t10-,11+. The molecule has 8 nitrogen and oxygen atoms in total. The third-order valence-corrected chi connectivity index (χ3v) is 6.07. The van der Waals surface area contributed by atoms with Crippen molar-refractivity contribution in [2.75, 3.05) is 13.1 Å². The van der Waals surface area contributed by atoms with E-state index in [2.05, 4.69) is 15.4 Å². The van der Waals surface area contributed by atoms with Gasteiger partial charge in [-0.05, 0) is 26.0 Å². The molecular formula is C15H18FN5O3S. The number of amides is 1. The Kier molecular flexibility index (Phi) is 4.56. The number of carbonyl (C=O) groups is 1. The Morgan fingerprint density at radius 3 is 2.44 bits per heavy atom. The van der Waals surface area contributed by atoms with Crippen molar-refractivity contribution >= 4 is 15.9 Å². The van der Waals surface area contributed by atoms with Crippen LogP contribution in [0.1, 0.15) is 24.3 Å². The number of H-pyrrole nitrogens is 1. The van der Waals surface area contributed by atoms with Crippen molar-refractivity contribution in [1.29, 1.82) is 0 Å². The number of rotatable bonds is 3. The highest BCUT2D eigenvalue weighted by Crippen LogP contribution is 2.25. The number of piperazine rings is 1. The van der Waals surface area contributed by atoms with Crippen molar-refractivity contribution in [3.8, 4) is 0 Å². The van der Waals surface area contributed by atoms with E-state index in [1.807, 2.05) is 0 Å². The lowest BCUT2D eigenvalue weighted by molar-refractivity contribution is 0.0434. The first kappa shape index (κ1) is 17.5. The zero-order valence-corrected chi connectivity index (χ0v) is 14.6. The van der Waals surface area contributed by atoms with E-state index in [0.717, 1.165) is 6.07 Å². The van der Waals surface area contributed by atoms with Gasteiger partial charge in [-0.25, -0.2) is 12.8 Å². The molecule has 2 heterocycles. The molecule has 2 aromatic rings. The number of nitrogens with zero attached hydrogens (tertiary/aromatic N) is 4. The molecule has 1 aromatic carbocycles. The lowest BCUT2D eigenvalue weighted by Crippen LogP contribution is -2.59. The third kappa shape index (κ3) is 3.14. The molecule has 0 spiro atoms. The fourth-order valence-corrected chi connectivity index (χ4v) is 4.77. The highest BCUT2D eigenvalue weighted by Gasteiger charge is 2.39. The number of sulfonamides is 1. The fraction of sp³-hybridized carbons (Fsp3) is 0.400. The SMILES string of the molecule is C[C@@H]1CN(S(=O)(=O)c2ccccc2F)C[C@H](C)N1C(=O)c1cn[nH]n1. The van der Waals surface area contributed by atoms with Crippen LogP contribution in [0.4, 0.5) is 4.39 Å². The van der Waals surface area contributed by atoms with Crippen molar-refractivity contribution in [1.82, 2.24) is 24.6 Å². The van der Waals surface area contributed by atoms with Crippen LogP contribution in [0.2, 0.25) is 0 Å². The number of aromatic nitrogens is 3. The van der Waals surface area contributed by atoms with Gasteiger partial charge in [0.1, 0.15) is 10.7 Å². The molecule has 3 rings (SSSR count). The summed E-state index contributed by atoms with van der Waals surface area (Å²) in [5.74, 6) is -1.11. The van der Waals surface area contributed by atoms with Gasteiger partial charge in [0.05, 0.1) is 6.20 Å². The first-order chi connectivity index (χ1) is 11.8. The summed E-state index contributed by atoms with van der Waals surface area (Å²) >= 11 is 0. The first-order valence-electron chi connectivity index (χ1n) is 7.75. The van der Waals surface area contributed by atoms with Gasteiger partial charge in [-0.1, -0.05) is 12.1 Å². The van der Waals surface area contributed by atoms with Crippen LogP contribution < -0.4 is 0 Å². The number of halogens is 1. The van der Waals surface area contributed by atoms with E-state index in [9.17, 15) is 17.6 Å². The van der Waals surface area contributed by atoms with Crippen LogP contribution in [0, 0.1) is 5.82 Å². The molecule has 1 amide bonds. The van der Waals surface area contributed by atoms with Gasteiger partial charge in [-0.15, -0.1) is 0 Å². The first-order valence-corrected chi connectivity index (χ1v) is 9.19. The lowest BCUT2D eigenvalue weighted by Gasteiger charge is -2.43. The van der Waals surface area contributed by atoms with Crippen LogP contribution in [-0.4, -0.2) is 64.1 Å². The molecule has 1 saturated heterocycles. The van der Waals surface area contributed by atoms with E-state index in [4.69, 9.17) is 0 Å². The van der Waals surface area contributed by atoms with E-state index in [1.54, 1.807) is 18.7 Å². The zero-order valence-electron chi connectivity index (χ0n) is 13.8. The normalized spacial score (nSPS) is 22.1. The molecule has 1 aromatic heterocycles. The fourth-order valence-electron chi connectivity index (χ4n) is 3.10. The maximum atomic E-state index is 13.9. The minimum atomic E-state index is -3.98. The van der Waals surface area contributed by atoms with Gasteiger partial charge in [0.15, 0.2) is 5.69 Å². The van der Waals surface area contributed by atoms with Crippen molar-refractivity contribution < 1.29 is 17.6 Å². The van der Waals surface area contributed by atoms with E-state index in [0.29, 0.717) is 0 Å². The monoisotopic (exact) mass is 367 g/mol. The molecule has 1 aliphatic rings. The number of carbonyl (C=O) groups excluding carboxylic acids is 1. The molecule has 0 aliphatic carbocycles. The molecule has 1 fully saturated rings. The Morgan fingerprint density at radius 2 is 1.88 bits per heavy atom. The Bertz CT molecular complexity index is 859. The molecule has 10 heteroatoms. The molecule has 0 radical (unpaired) electrons. The van der Waals surface area contributed by atoms with Crippen molar-refractivity contribution in [2.24, 2.45) is 0 Å². The quantitative estimate of drug-likeness (QED) is 0.868. The average Bonchev–Trinajstić information content (AvgIpc) is 3.08. The van der Waals surface area contributed by atoms with E-state index in [1.165, 1.54) is 28.7 Å². The number of hydrogen-bond acceptors (Lipinski definition) is 5. The van der Waals surface area contributed by atoms with Crippen LogP contribution in [-0.2, 0) is 10.0 Å². The lowest BCUT2D eigenvalue weighted by atomic mass is 10.1. The summed E-state index contributed by atoms with van der Waals surface area (Å²) in [5.41, 5.74) is 0.170. The van der Waals surface area contributed by atoms with Crippen LogP contribution >= 0.6 is 0 Å². The summed E-state index contributed by atoms with van der Waals surface area (Å²) in [6.07, 6.45) is 1.32. The minimum Gasteiger partial charge on any atom is -0.329 e. The number of benzene rings is 1. The third-order valence-electron chi connectivity index (χ3n) is 4.21. The van der Waals surface area contributed by atoms with Crippen molar-refractivity contribution in [3.05, 3.63) is 42.0 Å². The molecule has 1 aliphatic heterocycles. The van der Waals surface area contributed by atoms with E-state index >= 15 is 0 Å². The highest BCUT2D eigenvalue weighted by atomic mass is 32.2. The Labute approximate surface area is 144 Å². The van der Waals surface area contributed by atoms with Crippen molar-refractivity contribution in [3.63, 3.8) is 0 Å². The summed E-state index contributed by atoms with van der Waals surface area (Å²) < 4.78 is 40.7. The summed E-state index contributed by atoms with van der Waals surface area (Å²) in [7, 11) is -3.98. The molecule has 0 saturated carbocycles. The molecule has 1 N–H and O–H groups in total. The van der Waals surface area contributed by atoms with Gasteiger partial charge in [-0.2, -0.15) is 19.7 Å². The topological polar surface area (TPSA) is 99.3 Å². The number of hydrogen-bond donors (Lipinski definition) is 1. The number of aromatic amines is 1. The predicted octanol–water partition coefficient (Wildman–Crippen LogP) is 0.868. The molecule has 0 unspecified atom stereocenters. The molecule has 0 bridgehead atoms. The predicted molar refractivity (Wildman–Crippen MR) is 86.6 cm³/mol. The van der Waals surface area contributed by atoms with E-state index in [-0.39, 0.29) is 29.6 Å². The molecule has 2 atom stereocenters. The molecule has 25 heavy (non-hydrogen) atoms. The van der Waals surface area contributed by atoms with Gasteiger partial charge in [-0.3, -0.25) is 4.79 Å². The summed E-state index contributed by atoms with van der Waals surface area (Å²) in [6.45, 7) is 3.64. The van der Waals surface area contributed by atoms with Gasteiger partial charge in [0.2, 0.25) is 10.0 Å². The second kappa shape index (κ2) is 6.52. The smallest absolute Gasteiger partial charge is 0.276 e. The van der Waals surface area contributed by atoms with Gasteiger partial charge in [0, 0.05) is 25.2 Å². The van der Waals surface area contributed by atoms with Gasteiger partial charge >= 0.3 is 0 Å². The maximum Gasteiger partial charge on any atom is 0.276 e. The average molecular weight is 367 g/mol. The summed E-state index contributed by atoms with van der Waals surface area (Å²) in [5, 5.41) is 9.78. The van der Waals surface area contributed by atoms with Crippen LogP contribution in [0.3, 0.4) is 0 Å². The second-order valence-corrected chi connectivity index (χ2v) is 7.92. The molecule has 134 valence electrons. The van der Waals surface area contributed by atoms with Crippen LogP contribution in [0.5, 0.6) is 0 Å². The van der Waals surface area contributed by atoms with Crippen LogP contribution in [0.15, 0.2) is 35.4 Å². The summed E-state index contributed by atoms with van der Waals surface area (Å²) in [4.78, 5) is 13.8. The maximum absolute atomic E-state index is 13.9.